The molecule has 0 aliphatic rings. The molecule has 2 nitrogen and oxygen atoms in total. The Labute approximate surface area is 131 Å². The molecule has 0 heterocycles. The lowest BCUT2D eigenvalue weighted by Crippen LogP contribution is -2.21. The van der Waals surface area contributed by atoms with Crippen LogP contribution in [0.2, 0.25) is 0 Å². The van der Waals surface area contributed by atoms with E-state index < -0.39 is 0 Å². The Morgan fingerprint density at radius 1 is 0.952 bits per heavy atom. The van der Waals surface area contributed by atoms with Gasteiger partial charge >= 0.3 is 0 Å². The minimum atomic E-state index is 0.406. The molecular weight excluding hydrogens is 258 g/mol. The molecule has 0 fully saturated rings. The Kier molecular flexibility index (Phi) is 8.63. The van der Waals surface area contributed by atoms with Crippen molar-refractivity contribution >= 4 is 0 Å². The normalized spacial score (nSPS) is 13.1. The molecule has 2 heteroatoms. The van der Waals surface area contributed by atoms with Gasteiger partial charge < -0.3 is 10.1 Å². The van der Waals surface area contributed by atoms with E-state index in [-0.39, 0.29) is 0 Å². The van der Waals surface area contributed by atoms with E-state index in [4.69, 9.17) is 4.74 Å². The number of rotatable bonds is 10. The maximum atomic E-state index is 5.60. The third kappa shape index (κ3) is 8.23. The Balaban J connectivity index is 2.24. The minimum absolute atomic E-state index is 0.406. The molecule has 0 aromatic heterocycles. The number of hydrogen-bond donors (Lipinski definition) is 1. The first-order chi connectivity index (χ1) is 9.99. The Morgan fingerprint density at radius 3 is 2.19 bits per heavy atom. The fourth-order valence-electron chi connectivity index (χ4n) is 2.34. The van der Waals surface area contributed by atoms with Crippen LogP contribution in [0.1, 0.15) is 58.2 Å². The summed E-state index contributed by atoms with van der Waals surface area (Å²) in [4.78, 5) is 0. The Hall–Kier alpha value is -0.860. The summed E-state index contributed by atoms with van der Waals surface area (Å²) in [5.74, 6) is 1.35. The minimum Gasteiger partial charge on any atom is -0.381 e. The first kappa shape index (κ1) is 18.2. The Morgan fingerprint density at radius 2 is 1.62 bits per heavy atom. The molecule has 0 saturated carbocycles. The summed E-state index contributed by atoms with van der Waals surface area (Å²) in [5.41, 5.74) is 2.80. The summed E-state index contributed by atoms with van der Waals surface area (Å²) >= 11 is 0. The van der Waals surface area contributed by atoms with Gasteiger partial charge in [0.1, 0.15) is 0 Å². The van der Waals surface area contributed by atoms with Gasteiger partial charge in [-0.3, -0.25) is 0 Å². The monoisotopic (exact) mass is 291 g/mol. The van der Waals surface area contributed by atoms with Gasteiger partial charge in [0.05, 0.1) is 0 Å². The van der Waals surface area contributed by atoms with Crippen LogP contribution in [-0.2, 0) is 11.2 Å². The molecule has 120 valence electrons. The van der Waals surface area contributed by atoms with Gasteiger partial charge in [-0.15, -0.1) is 0 Å². The average molecular weight is 291 g/mol. The standard InChI is InChI=1S/C19H33NO/c1-15(2)13-18-7-9-19(10-8-18)17(5)20-11-6-12-21-14-16(3)4/h7-10,15-17,20H,6,11-14H2,1-5H3. The second-order valence-corrected chi connectivity index (χ2v) is 6.84. The van der Waals surface area contributed by atoms with Crippen LogP contribution in [0.5, 0.6) is 0 Å². The highest BCUT2D eigenvalue weighted by Gasteiger charge is 2.05. The average Bonchev–Trinajstić information content (AvgIpc) is 2.42. The first-order valence-corrected chi connectivity index (χ1v) is 8.39. The third-order valence-corrected chi connectivity index (χ3v) is 3.49. The third-order valence-electron chi connectivity index (χ3n) is 3.49. The van der Waals surface area contributed by atoms with Gasteiger partial charge in [0.15, 0.2) is 0 Å². The number of nitrogens with one attached hydrogen (secondary N) is 1. The van der Waals surface area contributed by atoms with Crippen molar-refractivity contribution in [1.82, 2.24) is 5.32 Å². The van der Waals surface area contributed by atoms with Crippen molar-refractivity contribution in [3.05, 3.63) is 35.4 Å². The number of benzene rings is 1. The van der Waals surface area contributed by atoms with Crippen LogP contribution in [0.25, 0.3) is 0 Å². The fraction of sp³-hybridized carbons (Fsp3) is 0.684. The van der Waals surface area contributed by atoms with E-state index in [1.807, 2.05) is 0 Å². The van der Waals surface area contributed by atoms with E-state index in [9.17, 15) is 0 Å². The first-order valence-electron chi connectivity index (χ1n) is 8.39. The maximum absolute atomic E-state index is 5.60. The summed E-state index contributed by atoms with van der Waals surface area (Å²) < 4.78 is 5.60. The predicted molar refractivity (Wildman–Crippen MR) is 91.7 cm³/mol. The topological polar surface area (TPSA) is 21.3 Å². The molecule has 0 aliphatic carbocycles. The van der Waals surface area contributed by atoms with E-state index in [2.05, 4.69) is 64.2 Å². The van der Waals surface area contributed by atoms with Crippen LogP contribution in [0.4, 0.5) is 0 Å². The highest BCUT2D eigenvalue weighted by Crippen LogP contribution is 2.15. The quantitative estimate of drug-likeness (QED) is 0.636. The molecule has 1 atom stereocenters. The van der Waals surface area contributed by atoms with E-state index in [1.54, 1.807) is 0 Å². The Bertz CT molecular complexity index is 370. The fourth-order valence-corrected chi connectivity index (χ4v) is 2.34. The van der Waals surface area contributed by atoms with Crippen molar-refractivity contribution in [1.29, 1.82) is 0 Å². The lowest BCUT2D eigenvalue weighted by atomic mass is 10.00. The van der Waals surface area contributed by atoms with Gasteiger partial charge in [-0.2, -0.15) is 0 Å². The van der Waals surface area contributed by atoms with Crippen LogP contribution in [0.3, 0.4) is 0 Å². The summed E-state index contributed by atoms with van der Waals surface area (Å²) in [5, 5.41) is 3.57. The molecular formula is C19H33NO. The second kappa shape index (κ2) is 9.97. The van der Waals surface area contributed by atoms with E-state index in [0.29, 0.717) is 12.0 Å². The molecule has 1 aromatic rings. The summed E-state index contributed by atoms with van der Waals surface area (Å²) in [6, 6.07) is 9.44. The van der Waals surface area contributed by atoms with Crippen molar-refractivity contribution in [3.63, 3.8) is 0 Å². The van der Waals surface area contributed by atoms with Crippen molar-refractivity contribution in [2.45, 2.75) is 53.5 Å². The highest BCUT2D eigenvalue weighted by molar-refractivity contribution is 5.25. The maximum Gasteiger partial charge on any atom is 0.0489 e. The molecule has 21 heavy (non-hydrogen) atoms. The van der Waals surface area contributed by atoms with Crippen molar-refractivity contribution in [2.75, 3.05) is 19.8 Å². The molecule has 0 radical (unpaired) electrons. The summed E-state index contributed by atoms with van der Waals surface area (Å²) in [7, 11) is 0. The largest absolute Gasteiger partial charge is 0.381 e. The van der Waals surface area contributed by atoms with Crippen LogP contribution in [0.15, 0.2) is 24.3 Å². The van der Waals surface area contributed by atoms with Gasteiger partial charge in [-0.05, 0) is 49.3 Å². The lowest BCUT2D eigenvalue weighted by molar-refractivity contribution is 0.107. The smallest absolute Gasteiger partial charge is 0.0489 e. The molecule has 0 saturated heterocycles. The van der Waals surface area contributed by atoms with Crippen LogP contribution < -0.4 is 5.32 Å². The summed E-state index contributed by atoms with van der Waals surface area (Å²) in [6.07, 6.45) is 2.23. The zero-order valence-corrected chi connectivity index (χ0v) is 14.5. The SMILES string of the molecule is CC(C)COCCCNC(C)c1ccc(CC(C)C)cc1. The van der Waals surface area contributed by atoms with Gasteiger partial charge in [-0.25, -0.2) is 0 Å². The molecule has 0 bridgehead atoms. The zero-order valence-electron chi connectivity index (χ0n) is 14.5. The van der Waals surface area contributed by atoms with Crippen molar-refractivity contribution < 1.29 is 4.74 Å². The molecule has 1 N–H and O–H groups in total. The van der Waals surface area contributed by atoms with Crippen LogP contribution in [-0.4, -0.2) is 19.8 Å². The van der Waals surface area contributed by atoms with Crippen LogP contribution >= 0.6 is 0 Å². The van der Waals surface area contributed by atoms with Crippen molar-refractivity contribution in [3.8, 4) is 0 Å². The predicted octanol–water partition coefficient (Wildman–Crippen LogP) is 4.60. The molecule has 1 aromatic carbocycles. The summed E-state index contributed by atoms with van der Waals surface area (Å²) in [6.45, 7) is 13.9. The lowest BCUT2D eigenvalue weighted by Gasteiger charge is -2.15. The molecule has 0 spiro atoms. The van der Waals surface area contributed by atoms with E-state index >= 15 is 0 Å². The van der Waals surface area contributed by atoms with E-state index in [0.717, 1.165) is 38.5 Å². The van der Waals surface area contributed by atoms with Gasteiger partial charge in [-0.1, -0.05) is 52.0 Å². The zero-order chi connectivity index (χ0) is 15.7. The molecule has 1 unspecified atom stereocenters. The number of hydrogen-bond acceptors (Lipinski definition) is 2. The second-order valence-electron chi connectivity index (χ2n) is 6.84. The molecule has 0 aliphatic heterocycles. The van der Waals surface area contributed by atoms with Crippen molar-refractivity contribution in [2.24, 2.45) is 11.8 Å². The highest BCUT2D eigenvalue weighted by atomic mass is 16.5. The van der Waals surface area contributed by atoms with Gasteiger partial charge in [0.2, 0.25) is 0 Å². The number of ether oxygens (including phenoxy) is 1. The van der Waals surface area contributed by atoms with Gasteiger partial charge in [0, 0.05) is 19.3 Å². The molecule has 1 rings (SSSR count). The van der Waals surface area contributed by atoms with E-state index in [1.165, 1.54) is 11.1 Å². The van der Waals surface area contributed by atoms with Gasteiger partial charge in [0.25, 0.3) is 0 Å². The molecule has 0 amide bonds. The van der Waals surface area contributed by atoms with Crippen LogP contribution in [0, 0.1) is 11.8 Å².